The molecule has 0 radical (unpaired) electrons. The summed E-state index contributed by atoms with van der Waals surface area (Å²) < 4.78 is 16.0. The quantitative estimate of drug-likeness (QED) is 0.314. The van der Waals surface area contributed by atoms with E-state index in [0.717, 1.165) is 79.5 Å². The number of rotatable bonds is 8. The van der Waals surface area contributed by atoms with Crippen LogP contribution in [0.3, 0.4) is 0 Å². The van der Waals surface area contributed by atoms with Crippen LogP contribution in [0.15, 0.2) is 36.4 Å². The molecule has 0 atom stereocenters. The minimum atomic E-state index is -0.371. The standard InChI is InChI=1S/C34H41FN4O3/c1-34(2)19-30-33(27-12-7-24(35)18-29(27)39(30)32(42)20-34)22-5-6-23(21-40)28(17-22)36-25-8-10-26(11-9-25)37-31(41)13-16-38-14-3-4-15-38/h5-7,12,17-18,21,25-26,36H,3-4,8-11,13-16,19-20H2,1-2H3,(H,37,41). The molecular formula is C34H41FN4O3. The summed E-state index contributed by atoms with van der Waals surface area (Å²) >= 11 is 0. The van der Waals surface area contributed by atoms with Crippen LogP contribution in [0.1, 0.15) is 86.1 Å². The van der Waals surface area contributed by atoms with Crippen molar-refractivity contribution in [3.8, 4) is 11.1 Å². The highest BCUT2D eigenvalue weighted by atomic mass is 19.1. The second-order valence-electron chi connectivity index (χ2n) is 13.2. The van der Waals surface area contributed by atoms with E-state index >= 15 is 0 Å². The first-order chi connectivity index (χ1) is 20.2. The molecule has 1 amide bonds. The Morgan fingerprint density at radius 1 is 1.02 bits per heavy atom. The van der Waals surface area contributed by atoms with Crippen molar-refractivity contribution in [3.05, 3.63) is 53.5 Å². The molecule has 2 aliphatic heterocycles. The van der Waals surface area contributed by atoms with Gasteiger partial charge in [0.15, 0.2) is 6.29 Å². The second kappa shape index (κ2) is 11.6. The summed E-state index contributed by atoms with van der Waals surface area (Å²) in [5, 5.41) is 7.68. The lowest BCUT2D eigenvalue weighted by atomic mass is 9.80. The number of hydrogen-bond acceptors (Lipinski definition) is 5. The van der Waals surface area contributed by atoms with Crippen LogP contribution in [0.25, 0.3) is 22.0 Å². The minimum Gasteiger partial charge on any atom is -0.382 e. The van der Waals surface area contributed by atoms with E-state index in [1.165, 1.54) is 25.0 Å². The molecule has 2 aromatic carbocycles. The molecule has 3 aromatic rings. The van der Waals surface area contributed by atoms with Crippen LogP contribution in [-0.4, -0.2) is 59.3 Å². The Morgan fingerprint density at radius 3 is 2.50 bits per heavy atom. The number of likely N-dealkylation sites (tertiary alicyclic amines) is 1. The normalized spacial score (nSPS) is 22.2. The van der Waals surface area contributed by atoms with Gasteiger partial charge in [0.1, 0.15) is 5.82 Å². The van der Waals surface area contributed by atoms with Crippen LogP contribution in [0.5, 0.6) is 0 Å². The van der Waals surface area contributed by atoms with E-state index in [1.807, 2.05) is 18.2 Å². The van der Waals surface area contributed by atoms with Gasteiger partial charge in [0.2, 0.25) is 11.8 Å². The predicted molar refractivity (Wildman–Crippen MR) is 164 cm³/mol. The molecule has 8 heteroatoms. The van der Waals surface area contributed by atoms with Gasteiger partial charge >= 0.3 is 0 Å². The number of amides is 1. The number of anilines is 1. The van der Waals surface area contributed by atoms with Crippen molar-refractivity contribution in [3.63, 3.8) is 0 Å². The molecule has 2 fully saturated rings. The van der Waals surface area contributed by atoms with Gasteiger partial charge in [-0.2, -0.15) is 0 Å². The lowest BCUT2D eigenvalue weighted by Crippen LogP contribution is -2.41. The molecule has 3 heterocycles. The van der Waals surface area contributed by atoms with Crippen molar-refractivity contribution in [2.24, 2.45) is 5.41 Å². The molecule has 222 valence electrons. The summed E-state index contributed by atoms with van der Waals surface area (Å²) in [7, 11) is 0. The summed E-state index contributed by atoms with van der Waals surface area (Å²) in [4.78, 5) is 40.1. The second-order valence-corrected chi connectivity index (χ2v) is 13.2. The minimum absolute atomic E-state index is 0.0224. The number of carbonyl (C=O) groups excluding carboxylic acids is 3. The molecule has 1 saturated carbocycles. The number of carbonyl (C=O) groups is 3. The smallest absolute Gasteiger partial charge is 0.231 e. The molecule has 0 spiro atoms. The fourth-order valence-electron chi connectivity index (χ4n) is 7.20. The average molecular weight is 573 g/mol. The molecule has 1 aromatic heterocycles. The summed E-state index contributed by atoms with van der Waals surface area (Å²) in [6.07, 6.45) is 8.56. The maximum absolute atomic E-state index is 14.3. The lowest BCUT2D eigenvalue weighted by Gasteiger charge is -2.31. The molecule has 6 rings (SSSR count). The molecule has 3 aliphatic rings. The van der Waals surface area contributed by atoms with Gasteiger partial charge in [0, 0.05) is 59.4 Å². The Balaban J connectivity index is 1.20. The van der Waals surface area contributed by atoms with Crippen molar-refractivity contribution in [2.45, 2.75) is 83.7 Å². The Hall–Kier alpha value is -3.52. The molecule has 2 N–H and O–H groups in total. The number of benzene rings is 2. The van der Waals surface area contributed by atoms with Crippen LogP contribution >= 0.6 is 0 Å². The fourth-order valence-corrected chi connectivity index (χ4v) is 7.20. The molecular weight excluding hydrogens is 531 g/mol. The van der Waals surface area contributed by atoms with Crippen LogP contribution in [-0.2, 0) is 11.2 Å². The van der Waals surface area contributed by atoms with Crippen LogP contribution in [0.4, 0.5) is 10.1 Å². The van der Waals surface area contributed by atoms with E-state index in [2.05, 4.69) is 29.4 Å². The van der Waals surface area contributed by atoms with Gasteiger partial charge in [-0.25, -0.2) is 4.39 Å². The van der Waals surface area contributed by atoms with Crippen LogP contribution in [0, 0.1) is 11.2 Å². The van der Waals surface area contributed by atoms with Gasteiger partial charge < -0.3 is 15.5 Å². The van der Waals surface area contributed by atoms with Crippen molar-refractivity contribution >= 4 is 34.7 Å². The maximum atomic E-state index is 14.3. The highest BCUT2D eigenvalue weighted by Gasteiger charge is 2.35. The van der Waals surface area contributed by atoms with Crippen molar-refractivity contribution < 1.29 is 18.8 Å². The third-order valence-electron chi connectivity index (χ3n) is 9.33. The van der Waals surface area contributed by atoms with Gasteiger partial charge in [0.25, 0.3) is 0 Å². The van der Waals surface area contributed by atoms with Gasteiger partial charge in [0.05, 0.1) is 5.52 Å². The molecule has 1 aliphatic carbocycles. The molecule has 7 nitrogen and oxygen atoms in total. The van der Waals surface area contributed by atoms with E-state index in [4.69, 9.17) is 0 Å². The van der Waals surface area contributed by atoms with Crippen molar-refractivity contribution in [1.82, 2.24) is 14.8 Å². The summed E-state index contributed by atoms with van der Waals surface area (Å²) in [6, 6.07) is 10.8. The van der Waals surface area contributed by atoms with Crippen molar-refractivity contribution in [2.75, 3.05) is 25.0 Å². The van der Waals surface area contributed by atoms with Crippen LogP contribution in [0.2, 0.25) is 0 Å². The summed E-state index contributed by atoms with van der Waals surface area (Å²) in [5.41, 5.74) is 4.44. The highest BCUT2D eigenvalue weighted by Crippen LogP contribution is 2.43. The zero-order valence-electron chi connectivity index (χ0n) is 24.7. The first kappa shape index (κ1) is 28.6. The van der Waals surface area contributed by atoms with E-state index in [1.54, 1.807) is 10.6 Å². The largest absolute Gasteiger partial charge is 0.382 e. The molecule has 0 bridgehead atoms. The summed E-state index contributed by atoms with van der Waals surface area (Å²) in [5.74, 6) is -0.256. The first-order valence-corrected chi connectivity index (χ1v) is 15.4. The Kier molecular flexibility index (Phi) is 7.92. The third kappa shape index (κ3) is 5.87. The lowest BCUT2D eigenvalue weighted by molar-refractivity contribution is -0.122. The van der Waals surface area contributed by atoms with Crippen LogP contribution < -0.4 is 10.6 Å². The number of hydrogen-bond donors (Lipinski definition) is 2. The number of halogens is 1. The first-order valence-electron chi connectivity index (χ1n) is 15.4. The fraction of sp³-hybridized carbons (Fsp3) is 0.500. The average Bonchev–Trinajstić information content (AvgIpc) is 3.58. The number of aromatic nitrogens is 1. The Labute approximate surface area is 246 Å². The van der Waals surface area contributed by atoms with Gasteiger partial charge in [-0.3, -0.25) is 19.0 Å². The topological polar surface area (TPSA) is 83.4 Å². The zero-order valence-corrected chi connectivity index (χ0v) is 24.7. The molecule has 0 unspecified atom stereocenters. The number of nitrogens with one attached hydrogen (secondary N) is 2. The highest BCUT2D eigenvalue weighted by molar-refractivity contribution is 6.05. The number of fused-ring (bicyclic) bond motifs is 3. The Morgan fingerprint density at radius 2 is 1.76 bits per heavy atom. The maximum Gasteiger partial charge on any atom is 0.231 e. The van der Waals surface area contributed by atoms with Gasteiger partial charge in [-0.15, -0.1) is 0 Å². The van der Waals surface area contributed by atoms with E-state index in [-0.39, 0.29) is 35.1 Å². The van der Waals surface area contributed by atoms with Gasteiger partial charge in [-0.1, -0.05) is 19.9 Å². The zero-order chi connectivity index (χ0) is 29.4. The Bertz CT molecular complexity index is 1510. The summed E-state index contributed by atoms with van der Waals surface area (Å²) in [6.45, 7) is 7.23. The monoisotopic (exact) mass is 572 g/mol. The molecule has 42 heavy (non-hydrogen) atoms. The van der Waals surface area contributed by atoms with E-state index in [9.17, 15) is 18.8 Å². The predicted octanol–water partition coefficient (Wildman–Crippen LogP) is 6.20. The van der Waals surface area contributed by atoms with Crippen molar-refractivity contribution in [1.29, 1.82) is 0 Å². The third-order valence-corrected chi connectivity index (χ3v) is 9.33. The SMILES string of the molecule is CC1(C)CC(=O)n2c(c(-c3ccc(C=O)c(NC4CCC(NC(=O)CCN5CCCC5)CC4)c3)c3ccc(F)cc32)C1. The van der Waals surface area contributed by atoms with Gasteiger partial charge in [-0.05, 0) is 99.3 Å². The van der Waals surface area contributed by atoms with E-state index in [0.29, 0.717) is 30.3 Å². The van der Waals surface area contributed by atoms with E-state index < -0.39 is 0 Å². The molecule has 1 saturated heterocycles. The number of aldehydes is 1. The number of nitrogens with zero attached hydrogens (tertiary/aromatic N) is 2.